The number of hydrogen-bond acceptors (Lipinski definition) is 4. The molecule has 0 saturated heterocycles. The summed E-state index contributed by atoms with van der Waals surface area (Å²) in [6.45, 7) is 0.149. The zero-order valence-electron chi connectivity index (χ0n) is 5.78. The van der Waals surface area contributed by atoms with Crippen LogP contribution in [0.2, 0.25) is 0 Å². The van der Waals surface area contributed by atoms with Gasteiger partial charge in [-0.05, 0) is 6.07 Å². The Morgan fingerprint density at radius 1 is 1.64 bits per heavy atom. The fourth-order valence-electron chi connectivity index (χ4n) is 0.914. The molecular weight excluding hydrogens is 162 g/mol. The highest BCUT2D eigenvalue weighted by molar-refractivity contribution is 7.18. The third-order valence-electron chi connectivity index (χ3n) is 1.39. The van der Waals surface area contributed by atoms with Crippen LogP contribution in [0.1, 0.15) is 5.01 Å². The molecule has 0 aliphatic heterocycles. The van der Waals surface area contributed by atoms with Crippen molar-refractivity contribution in [1.82, 2.24) is 4.98 Å². The van der Waals surface area contributed by atoms with Crippen LogP contribution in [0.4, 0.5) is 0 Å². The van der Waals surface area contributed by atoms with Crippen molar-refractivity contribution in [3.8, 4) is 0 Å². The second-order valence-electron chi connectivity index (χ2n) is 2.17. The molecule has 0 atom stereocenters. The number of aliphatic hydroxyl groups excluding tert-OH is 1. The van der Waals surface area contributed by atoms with Gasteiger partial charge in [0.25, 0.3) is 0 Å². The predicted octanol–water partition coefficient (Wildman–Crippen LogP) is 1.42. The number of aliphatic hydroxyl groups is 1. The van der Waals surface area contributed by atoms with Crippen LogP contribution in [0.25, 0.3) is 10.4 Å². The van der Waals surface area contributed by atoms with E-state index in [-0.39, 0.29) is 6.61 Å². The summed E-state index contributed by atoms with van der Waals surface area (Å²) in [6, 6.07) is 1.88. The largest absolute Gasteiger partial charge is 0.445 e. The molecule has 0 spiro atoms. The molecule has 0 bridgehead atoms. The third kappa shape index (κ3) is 1.15. The molecule has 2 heterocycles. The average Bonchev–Trinajstić information content (AvgIpc) is 2.46. The van der Waals surface area contributed by atoms with Crippen molar-refractivity contribution in [2.45, 2.75) is 6.42 Å². The van der Waals surface area contributed by atoms with Crippen LogP contribution in [0.15, 0.2) is 16.7 Å². The molecule has 1 N–H and O–H groups in total. The summed E-state index contributed by atoms with van der Waals surface area (Å²) < 4.78 is 6.11. The fraction of sp³-hybridized carbons (Fsp3) is 0.286. The Kier molecular flexibility index (Phi) is 1.63. The van der Waals surface area contributed by atoms with Gasteiger partial charge < -0.3 is 9.52 Å². The lowest BCUT2D eigenvalue weighted by Gasteiger charge is -1.84. The summed E-state index contributed by atoms with van der Waals surface area (Å²) in [5, 5.41) is 9.55. The molecule has 0 fully saturated rings. The Labute approximate surface area is 67.3 Å². The molecule has 2 aromatic heterocycles. The van der Waals surface area contributed by atoms with Crippen molar-refractivity contribution in [3.63, 3.8) is 0 Å². The summed E-state index contributed by atoms with van der Waals surface area (Å²) in [6.07, 6.45) is 2.24. The molecule has 0 unspecified atom stereocenters. The molecule has 58 valence electrons. The van der Waals surface area contributed by atoms with Crippen LogP contribution in [-0.4, -0.2) is 16.7 Å². The molecule has 11 heavy (non-hydrogen) atoms. The van der Waals surface area contributed by atoms with Crippen LogP contribution in [0, 0.1) is 0 Å². The lowest BCUT2D eigenvalue weighted by atomic mass is 10.5. The lowest BCUT2D eigenvalue weighted by molar-refractivity contribution is 0.299. The van der Waals surface area contributed by atoms with Crippen LogP contribution in [-0.2, 0) is 6.42 Å². The van der Waals surface area contributed by atoms with Gasteiger partial charge in [-0.25, -0.2) is 4.98 Å². The van der Waals surface area contributed by atoms with E-state index in [2.05, 4.69) is 4.98 Å². The highest BCUT2D eigenvalue weighted by Crippen LogP contribution is 2.22. The fourth-order valence-corrected chi connectivity index (χ4v) is 1.79. The maximum Gasteiger partial charge on any atom is 0.237 e. The van der Waals surface area contributed by atoms with Gasteiger partial charge in [0.2, 0.25) is 5.71 Å². The van der Waals surface area contributed by atoms with E-state index < -0.39 is 0 Å². The van der Waals surface area contributed by atoms with Gasteiger partial charge in [0.05, 0.1) is 16.0 Å². The van der Waals surface area contributed by atoms with Crippen molar-refractivity contribution < 1.29 is 9.52 Å². The molecule has 4 heteroatoms. The Morgan fingerprint density at radius 2 is 2.55 bits per heavy atom. The van der Waals surface area contributed by atoms with Crippen LogP contribution in [0.5, 0.6) is 0 Å². The summed E-state index contributed by atoms with van der Waals surface area (Å²) >= 11 is 1.56. The van der Waals surface area contributed by atoms with E-state index in [1.807, 2.05) is 6.07 Å². The van der Waals surface area contributed by atoms with Crippen LogP contribution in [0.3, 0.4) is 0 Å². The minimum Gasteiger partial charge on any atom is -0.445 e. The summed E-state index contributed by atoms with van der Waals surface area (Å²) in [7, 11) is 0. The molecule has 2 aromatic rings. The first kappa shape index (κ1) is 6.82. The summed E-state index contributed by atoms with van der Waals surface area (Å²) in [5.41, 5.74) is 0.679. The SMILES string of the molecule is OCCc1nc2occc2s1. The lowest BCUT2D eigenvalue weighted by Crippen LogP contribution is -1.87. The molecule has 0 aliphatic carbocycles. The molecule has 0 aromatic carbocycles. The Hall–Kier alpha value is -0.870. The maximum atomic E-state index is 8.62. The quantitative estimate of drug-likeness (QED) is 0.739. The highest BCUT2D eigenvalue weighted by atomic mass is 32.1. The van der Waals surface area contributed by atoms with Crippen LogP contribution < -0.4 is 0 Å². The maximum absolute atomic E-state index is 8.62. The summed E-state index contributed by atoms with van der Waals surface area (Å²) in [5.74, 6) is 0. The zero-order chi connectivity index (χ0) is 7.68. The van der Waals surface area contributed by atoms with Crippen LogP contribution >= 0.6 is 11.3 Å². The Morgan fingerprint density at radius 3 is 3.27 bits per heavy atom. The second-order valence-corrected chi connectivity index (χ2v) is 3.29. The van der Waals surface area contributed by atoms with Crippen molar-refractivity contribution in [1.29, 1.82) is 0 Å². The number of aromatic nitrogens is 1. The first-order valence-corrected chi connectivity index (χ1v) is 4.15. The number of rotatable bonds is 2. The molecule has 0 amide bonds. The number of fused-ring (bicyclic) bond motifs is 1. The van der Waals surface area contributed by atoms with Crippen molar-refractivity contribution in [2.24, 2.45) is 0 Å². The average molecular weight is 169 g/mol. The Bertz CT molecular complexity index is 323. The molecule has 3 nitrogen and oxygen atoms in total. The number of thiazole rings is 1. The van der Waals surface area contributed by atoms with Gasteiger partial charge in [-0.15, -0.1) is 11.3 Å². The van der Waals surface area contributed by atoms with E-state index in [0.29, 0.717) is 12.1 Å². The molecule has 2 rings (SSSR count). The van der Waals surface area contributed by atoms with Gasteiger partial charge in [-0.3, -0.25) is 0 Å². The topological polar surface area (TPSA) is 46.3 Å². The Balaban J connectivity index is 2.42. The number of nitrogens with zero attached hydrogens (tertiary/aromatic N) is 1. The smallest absolute Gasteiger partial charge is 0.237 e. The molecular formula is C7H7NO2S. The van der Waals surface area contributed by atoms with E-state index >= 15 is 0 Å². The van der Waals surface area contributed by atoms with Crippen molar-refractivity contribution in [3.05, 3.63) is 17.3 Å². The number of hydrogen-bond donors (Lipinski definition) is 1. The number of furan rings is 1. The minimum absolute atomic E-state index is 0.149. The molecule has 0 aliphatic rings. The van der Waals surface area contributed by atoms with Gasteiger partial charge in [0.15, 0.2) is 0 Å². The first-order valence-electron chi connectivity index (χ1n) is 3.34. The van der Waals surface area contributed by atoms with E-state index in [4.69, 9.17) is 9.52 Å². The third-order valence-corrected chi connectivity index (χ3v) is 2.45. The predicted molar refractivity (Wildman–Crippen MR) is 42.7 cm³/mol. The van der Waals surface area contributed by atoms with Gasteiger partial charge in [-0.1, -0.05) is 0 Å². The minimum atomic E-state index is 0.149. The van der Waals surface area contributed by atoms with Gasteiger partial charge in [-0.2, -0.15) is 0 Å². The molecule has 0 radical (unpaired) electrons. The van der Waals surface area contributed by atoms with E-state index in [9.17, 15) is 0 Å². The van der Waals surface area contributed by atoms with Gasteiger partial charge >= 0.3 is 0 Å². The first-order chi connectivity index (χ1) is 5.40. The van der Waals surface area contributed by atoms with Crippen molar-refractivity contribution >= 4 is 21.8 Å². The monoisotopic (exact) mass is 169 g/mol. The standard InChI is InChI=1S/C7H7NO2S/c9-3-1-6-8-7-5(11-6)2-4-10-7/h2,4,9H,1,3H2. The van der Waals surface area contributed by atoms with Gasteiger partial charge in [0, 0.05) is 13.0 Å². The second kappa shape index (κ2) is 2.64. The zero-order valence-corrected chi connectivity index (χ0v) is 6.60. The van der Waals surface area contributed by atoms with E-state index in [0.717, 1.165) is 9.71 Å². The highest BCUT2D eigenvalue weighted by Gasteiger charge is 2.04. The van der Waals surface area contributed by atoms with Crippen molar-refractivity contribution in [2.75, 3.05) is 6.61 Å². The normalized spacial score (nSPS) is 11.0. The summed E-state index contributed by atoms with van der Waals surface area (Å²) in [4.78, 5) is 4.15. The van der Waals surface area contributed by atoms with E-state index in [1.54, 1.807) is 17.6 Å². The van der Waals surface area contributed by atoms with E-state index in [1.165, 1.54) is 0 Å². The molecule has 0 saturated carbocycles. The van der Waals surface area contributed by atoms with Gasteiger partial charge in [0.1, 0.15) is 0 Å².